The Hall–Kier alpha value is -3.72. The van der Waals surface area contributed by atoms with Crippen LogP contribution < -0.4 is 5.32 Å². The van der Waals surface area contributed by atoms with Crippen LogP contribution in [0.2, 0.25) is 0 Å². The molecule has 0 bridgehead atoms. The predicted octanol–water partition coefficient (Wildman–Crippen LogP) is 3.89. The van der Waals surface area contributed by atoms with Gasteiger partial charge in [-0.15, -0.1) is 0 Å². The summed E-state index contributed by atoms with van der Waals surface area (Å²) < 4.78 is 40.6. The van der Waals surface area contributed by atoms with Gasteiger partial charge in [0, 0.05) is 35.5 Å². The third-order valence-electron chi connectivity index (χ3n) is 4.89. The maximum atomic E-state index is 13.0. The molecular weight excluding hydrogens is 421 g/mol. The summed E-state index contributed by atoms with van der Waals surface area (Å²) in [5, 5.41) is 16.7. The molecule has 164 valence electrons. The van der Waals surface area contributed by atoms with Crippen molar-refractivity contribution >= 4 is 16.8 Å². The smallest absolute Gasteiger partial charge is 0.395 e. The zero-order chi connectivity index (χ0) is 22.7. The van der Waals surface area contributed by atoms with Gasteiger partial charge in [-0.3, -0.25) is 14.5 Å². The number of carbonyl (C=O) groups is 1. The van der Waals surface area contributed by atoms with Crippen molar-refractivity contribution in [3.05, 3.63) is 83.7 Å². The minimum Gasteiger partial charge on any atom is -0.395 e. The van der Waals surface area contributed by atoms with Crippen molar-refractivity contribution in [3.8, 4) is 11.3 Å². The lowest BCUT2D eigenvalue weighted by Gasteiger charge is -2.08. The van der Waals surface area contributed by atoms with Crippen molar-refractivity contribution in [1.29, 1.82) is 0 Å². The van der Waals surface area contributed by atoms with E-state index in [-0.39, 0.29) is 25.6 Å². The lowest BCUT2D eigenvalue weighted by Crippen LogP contribution is -2.26. The van der Waals surface area contributed by atoms with E-state index in [2.05, 4.69) is 15.4 Å². The molecule has 4 rings (SSSR count). The van der Waals surface area contributed by atoms with Gasteiger partial charge in [0.05, 0.1) is 29.9 Å². The number of carbonyl (C=O) groups excluding carboxylic acids is 1. The van der Waals surface area contributed by atoms with E-state index in [0.29, 0.717) is 22.3 Å². The second-order valence-electron chi connectivity index (χ2n) is 7.17. The van der Waals surface area contributed by atoms with E-state index in [1.165, 1.54) is 12.3 Å². The number of alkyl halides is 3. The van der Waals surface area contributed by atoms with Crippen LogP contribution in [0.3, 0.4) is 0 Å². The molecule has 0 spiro atoms. The van der Waals surface area contributed by atoms with Crippen LogP contribution in [0.25, 0.3) is 22.2 Å². The molecule has 2 heterocycles. The maximum absolute atomic E-state index is 13.0. The molecule has 32 heavy (non-hydrogen) atoms. The third-order valence-corrected chi connectivity index (χ3v) is 4.89. The first kappa shape index (κ1) is 21.5. The summed E-state index contributed by atoms with van der Waals surface area (Å²) in [5.41, 5.74) is 2.14. The molecule has 6 nitrogen and oxygen atoms in total. The molecule has 0 saturated carbocycles. The number of rotatable bonds is 6. The number of nitrogens with zero attached hydrogens (tertiary/aromatic N) is 3. The number of amides is 1. The summed E-state index contributed by atoms with van der Waals surface area (Å²) in [6, 6.07) is 13.8. The van der Waals surface area contributed by atoms with Crippen molar-refractivity contribution in [1.82, 2.24) is 20.1 Å². The summed E-state index contributed by atoms with van der Waals surface area (Å²) in [7, 11) is 0. The minimum absolute atomic E-state index is 0.147. The Morgan fingerprint density at radius 3 is 2.69 bits per heavy atom. The Kier molecular flexibility index (Phi) is 5.91. The average Bonchev–Trinajstić information content (AvgIpc) is 3.19. The highest BCUT2D eigenvalue weighted by molar-refractivity contribution is 5.97. The molecule has 0 aliphatic rings. The van der Waals surface area contributed by atoms with Crippen LogP contribution in [0.5, 0.6) is 0 Å². The zero-order valence-corrected chi connectivity index (χ0v) is 16.8. The van der Waals surface area contributed by atoms with Gasteiger partial charge in [0.1, 0.15) is 0 Å². The van der Waals surface area contributed by atoms with Crippen LogP contribution in [-0.2, 0) is 12.7 Å². The SMILES string of the molecule is O=C(NCCO)c1ccnc(-c2cccc3nn(Cc4cccc(C(F)(F)F)c4)cc23)c1. The van der Waals surface area contributed by atoms with E-state index >= 15 is 0 Å². The van der Waals surface area contributed by atoms with Crippen LogP contribution in [-0.4, -0.2) is 38.9 Å². The molecule has 4 aromatic rings. The molecule has 2 N–H and O–H groups in total. The van der Waals surface area contributed by atoms with E-state index in [1.54, 1.807) is 41.2 Å². The fraction of sp³-hybridized carbons (Fsp3) is 0.174. The van der Waals surface area contributed by atoms with Crippen LogP contribution in [0.15, 0.2) is 67.0 Å². The van der Waals surface area contributed by atoms with Crippen molar-refractivity contribution in [2.45, 2.75) is 12.7 Å². The number of hydrogen-bond donors (Lipinski definition) is 2. The number of aliphatic hydroxyl groups excluding tert-OH is 1. The van der Waals surface area contributed by atoms with Crippen LogP contribution in [0, 0.1) is 0 Å². The van der Waals surface area contributed by atoms with Crippen molar-refractivity contribution < 1.29 is 23.1 Å². The Labute approximate surface area is 181 Å². The first-order valence-electron chi connectivity index (χ1n) is 9.83. The zero-order valence-electron chi connectivity index (χ0n) is 16.8. The Morgan fingerprint density at radius 1 is 1.09 bits per heavy atom. The molecule has 9 heteroatoms. The van der Waals surface area contributed by atoms with E-state index in [0.717, 1.165) is 23.1 Å². The Bertz CT molecular complexity index is 1270. The predicted molar refractivity (Wildman–Crippen MR) is 113 cm³/mol. The molecule has 1 amide bonds. The fourth-order valence-corrected chi connectivity index (χ4v) is 3.42. The molecule has 0 saturated heterocycles. The van der Waals surface area contributed by atoms with Crippen molar-refractivity contribution in [2.75, 3.05) is 13.2 Å². The highest BCUT2D eigenvalue weighted by Crippen LogP contribution is 2.30. The van der Waals surface area contributed by atoms with Gasteiger partial charge in [-0.2, -0.15) is 18.3 Å². The normalized spacial score (nSPS) is 11.6. The summed E-state index contributed by atoms with van der Waals surface area (Å²) in [5.74, 6) is -0.324. The van der Waals surface area contributed by atoms with Gasteiger partial charge >= 0.3 is 6.18 Å². The number of pyridine rings is 1. The van der Waals surface area contributed by atoms with E-state index in [9.17, 15) is 18.0 Å². The van der Waals surface area contributed by atoms with Gasteiger partial charge in [0.2, 0.25) is 0 Å². The monoisotopic (exact) mass is 440 g/mol. The van der Waals surface area contributed by atoms with Crippen molar-refractivity contribution in [2.24, 2.45) is 0 Å². The quantitative estimate of drug-likeness (QED) is 0.477. The summed E-state index contributed by atoms with van der Waals surface area (Å²) >= 11 is 0. The molecule has 0 radical (unpaired) electrons. The van der Waals surface area contributed by atoms with Gasteiger partial charge in [-0.25, -0.2) is 0 Å². The minimum atomic E-state index is -4.40. The molecule has 0 aliphatic heterocycles. The third kappa shape index (κ3) is 4.62. The van der Waals surface area contributed by atoms with Crippen molar-refractivity contribution in [3.63, 3.8) is 0 Å². The van der Waals surface area contributed by atoms with E-state index in [4.69, 9.17) is 5.11 Å². The standard InChI is InChI=1S/C23H19F3N4O2/c24-23(25,26)17-4-1-3-15(11-17)13-30-14-19-18(5-2-6-20(19)29-30)21-12-16(7-8-27-21)22(32)28-9-10-31/h1-8,11-12,14,31H,9-10,13H2,(H,28,32). The molecule has 2 aromatic carbocycles. The largest absolute Gasteiger partial charge is 0.416 e. The van der Waals surface area contributed by atoms with Gasteiger partial charge in [-0.05, 0) is 35.9 Å². The molecule has 0 atom stereocenters. The summed E-state index contributed by atoms with van der Waals surface area (Å²) in [6.45, 7) is 0.164. The highest BCUT2D eigenvalue weighted by atomic mass is 19.4. The first-order valence-corrected chi connectivity index (χ1v) is 9.83. The van der Waals surface area contributed by atoms with Gasteiger partial charge < -0.3 is 10.4 Å². The van der Waals surface area contributed by atoms with Crippen LogP contribution in [0.4, 0.5) is 13.2 Å². The lowest BCUT2D eigenvalue weighted by atomic mass is 10.0. The first-order chi connectivity index (χ1) is 15.3. The molecule has 0 aliphatic carbocycles. The average molecular weight is 440 g/mol. The second-order valence-corrected chi connectivity index (χ2v) is 7.17. The number of fused-ring (bicyclic) bond motifs is 1. The number of halogens is 3. The number of aromatic nitrogens is 3. The van der Waals surface area contributed by atoms with Gasteiger partial charge in [-0.1, -0.05) is 24.3 Å². The molecule has 0 unspecified atom stereocenters. The Balaban J connectivity index is 1.66. The Morgan fingerprint density at radius 2 is 1.91 bits per heavy atom. The number of nitrogens with one attached hydrogen (secondary N) is 1. The second kappa shape index (κ2) is 8.80. The van der Waals surface area contributed by atoms with Gasteiger partial charge in [0.15, 0.2) is 0 Å². The van der Waals surface area contributed by atoms with Crippen LogP contribution >= 0.6 is 0 Å². The van der Waals surface area contributed by atoms with Crippen LogP contribution in [0.1, 0.15) is 21.5 Å². The topological polar surface area (TPSA) is 80.0 Å². The summed E-state index contributed by atoms with van der Waals surface area (Å²) in [6.07, 6.45) is -1.13. The lowest BCUT2D eigenvalue weighted by molar-refractivity contribution is -0.137. The van der Waals surface area contributed by atoms with E-state index < -0.39 is 11.7 Å². The number of aliphatic hydroxyl groups is 1. The molecule has 2 aromatic heterocycles. The molecule has 0 fully saturated rings. The maximum Gasteiger partial charge on any atom is 0.416 e. The van der Waals surface area contributed by atoms with Gasteiger partial charge in [0.25, 0.3) is 5.91 Å². The molecular formula is C23H19F3N4O2. The van der Waals surface area contributed by atoms with E-state index in [1.807, 2.05) is 6.07 Å². The summed E-state index contributed by atoms with van der Waals surface area (Å²) in [4.78, 5) is 16.6. The highest BCUT2D eigenvalue weighted by Gasteiger charge is 2.30. The number of benzene rings is 2. The number of hydrogen-bond acceptors (Lipinski definition) is 4. The fourth-order valence-electron chi connectivity index (χ4n) is 3.42.